The van der Waals surface area contributed by atoms with Gasteiger partial charge in [0.15, 0.2) is 6.10 Å². The van der Waals surface area contributed by atoms with Gasteiger partial charge in [0.1, 0.15) is 0 Å². The van der Waals surface area contributed by atoms with Gasteiger partial charge in [-0.05, 0) is 6.42 Å². The Balaban J connectivity index is 3.62. The van der Waals surface area contributed by atoms with Crippen LogP contribution >= 0.6 is 0 Å². The van der Waals surface area contributed by atoms with Gasteiger partial charge in [-0.2, -0.15) is 0 Å². The van der Waals surface area contributed by atoms with Crippen LogP contribution in [0.15, 0.2) is 0 Å². The van der Waals surface area contributed by atoms with Gasteiger partial charge in [-0.25, -0.2) is 4.79 Å². The Hall–Kier alpha value is -1.10. The van der Waals surface area contributed by atoms with Crippen molar-refractivity contribution in [1.82, 2.24) is 5.32 Å². The molecule has 136 valence electrons. The molecule has 0 saturated heterocycles. The topological polar surface area (TPSA) is 86.6 Å². The maximum atomic E-state index is 11.1. The van der Waals surface area contributed by atoms with Crippen LogP contribution in [0.25, 0.3) is 0 Å². The molecule has 2 atom stereocenters. The van der Waals surface area contributed by atoms with E-state index in [0.717, 1.165) is 19.3 Å². The van der Waals surface area contributed by atoms with Gasteiger partial charge < -0.3 is 15.5 Å². The highest BCUT2D eigenvalue weighted by Gasteiger charge is 2.25. The highest BCUT2D eigenvalue weighted by atomic mass is 16.4. The smallest absolute Gasteiger partial charge is 0.334 e. The zero-order valence-corrected chi connectivity index (χ0v) is 14.9. The lowest BCUT2D eigenvalue weighted by atomic mass is 10.0. The van der Waals surface area contributed by atoms with Crippen LogP contribution in [0.4, 0.5) is 0 Å². The van der Waals surface area contributed by atoms with E-state index < -0.39 is 18.1 Å². The molecule has 0 aromatic heterocycles. The lowest BCUT2D eigenvalue weighted by molar-refractivity contribution is -0.148. The minimum atomic E-state index is -1.53. The highest BCUT2D eigenvalue weighted by Crippen LogP contribution is 2.13. The van der Waals surface area contributed by atoms with Gasteiger partial charge >= 0.3 is 5.97 Å². The van der Waals surface area contributed by atoms with Gasteiger partial charge in [-0.15, -0.1) is 0 Å². The lowest BCUT2D eigenvalue weighted by Crippen LogP contribution is -2.46. The molecule has 0 fully saturated rings. The number of aliphatic carboxylic acids is 1. The van der Waals surface area contributed by atoms with Gasteiger partial charge in [-0.3, -0.25) is 4.79 Å². The lowest BCUT2D eigenvalue weighted by Gasteiger charge is -2.20. The fourth-order valence-electron chi connectivity index (χ4n) is 2.77. The fourth-order valence-corrected chi connectivity index (χ4v) is 2.77. The first-order valence-electron chi connectivity index (χ1n) is 9.17. The van der Waals surface area contributed by atoms with E-state index in [4.69, 9.17) is 5.11 Å². The highest BCUT2D eigenvalue weighted by molar-refractivity contribution is 5.77. The average molecular weight is 329 g/mol. The van der Waals surface area contributed by atoms with Crippen molar-refractivity contribution in [3.8, 4) is 0 Å². The third-order valence-corrected chi connectivity index (χ3v) is 4.14. The fraction of sp³-hybridized carbons (Fsp3) is 0.889. The van der Waals surface area contributed by atoms with Crippen molar-refractivity contribution < 1.29 is 19.8 Å². The maximum Gasteiger partial charge on any atom is 0.334 e. The molecular formula is C18H35NO4. The normalized spacial score (nSPS) is 13.5. The van der Waals surface area contributed by atoms with Crippen LogP contribution < -0.4 is 5.32 Å². The van der Waals surface area contributed by atoms with E-state index >= 15 is 0 Å². The van der Waals surface area contributed by atoms with Crippen LogP contribution in [0.2, 0.25) is 0 Å². The third kappa shape index (κ3) is 13.1. The molecule has 0 aromatic carbocycles. The zero-order valence-electron chi connectivity index (χ0n) is 14.9. The second-order valence-corrected chi connectivity index (χ2v) is 6.41. The molecule has 0 heterocycles. The number of rotatable bonds is 15. The number of carboxylic acids is 1. The van der Waals surface area contributed by atoms with E-state index in [1.807, 2.05) is 0 Å². The summed E-state index contributed by atoms with van der Waals surface area (Å²) in [5.74, 6) is -1.59. The Morgan fingerprint density at radius 2 is 1.30 bits per heavy atom. The molecule has 0 aliphatic rings. The van der Waals surface area contributed by atoms with E-state index in [-0.39, 0.29) is 5.91 Å². The van der Waals surface area contributed by atoms with E-state index in [1.165, 1.54) is 58.3 Å². The number of carbonyl (C=O) groups excluding carboxylic acids is 1. The molecule has 0 aliphatic heterocycles. The van der Waals surface area contributed by atoms with Crippen molar-refractivity contribution in [2.45, 2.75) is 103 Å². The molecule has 2 unspecified atom stereocenters. The molecule has 23 heavy (non-hydrogen) atoms. The number of hydrogen-bond donors (Lipinski definition) is 3. The van der Waals surface area contributed by atoms with Crippen molar-refractivity contribution in [1.29, 1.82) is 0 Å². The summed E-state index contributed by atoms with van der Waals surface area (Å²) in [7, 11) is 0. The summed E-state index contributed by atoms with van der Waals surface area (Å²) < 4.78 is 0. The van der Waals surface area contributed by atoms with Crippen molar-refractivity contribution in [3.05, 3.63) is 0 Å². The maximum absolute atomic E-state index is 11.1. The third-order valence-electron chi connectivity index (χ3n) is 4.14. The largest absolute Gasteiger partial charge is 0.479 e. The second-order valence-electron chi connectivity index (χ2n) is 6.41. The first-order chi connectivity index (χ1) is 11.0. The Bertz CT molecular complexity index is 320. The summed E-state index contributed by atoms with van der Waals surface area (Å²) in [4.78, 5) is 21.9. The van der Waals surface area contributed by atoms with Gasteiger partial charge in [0.05, 0.1) is 6.04 Å². The molecule has 1 amide bonds. The second kappa shape index (κ2) is 14.5. The predicted octanol–water partition coefficient (Wildman–Crippen LogP) is 3.64. The van der Waals surface area contributed by atoms with Gasteiger partial charge in [0.25, 0.3) is 0 Å². The van der Waals surface area contributed by atoms with E-state index in [9.17, 15) is 14.7 Å². The number of hydrogen-bond acceptors (Lipinski definition) is 3. The number of aliphatic hydroxyl groups excluding tert-OH is 1. The minimum absolute atomic E-state index is 0.307. The summed E-state index contributed by atoms with van der Waals surface area (Å²) in [6, 6.07) is -0.691. The van der Waals surface area contributed by atoms with Crippen LogP contribution in [-0.4, -0.2) is 34.2 Å². The van der Waals surface area contributed by atoms with Crippen molar-refractivity contribution in [2.24, 2.45) is 0 Å². The molecule has 3 N–H and O–H groups in total. The summed E-state index contributed by atoms with van der Waals surface area (Å²) >= 11 is 0. The van der Waals surface area contributed by atoms with Crippen molar-refractivity contribution in [2.75, 3.05) is 0 Å². The summed E-state index contributed by atoms with van der Waals surface area (Å²) in [6.07, 6.45) is 12.4. The SMILES string of the molecule is CCCCCCCCCCCCCC(NC(C)=O)C(O)C(=O)O. The quantitative estimate of drug-likeness (QED) is 0.400. The molecule has 5 heteroatoms. The molecule has 0 aliphatic carbocycles. The van der Waals surface area contributed by atoms with Crippen LogP contribution in [-0.2, 0) is 9.59 Å². The van der Waals surface area contributed by atoms with E-state index in [2.05, 4.69) is 12.2 Å². The van der Waals surface area contributed by atoms with Crippen molar-refractivity contribution in [3.63, 3.8) is 0 Å². The van der Waals surface area contributed by atoms with E-state index in [1.54, 1.807) is 0 Å². The van der Waals surface area contributed by atoms with Crippen LogP contribution in [0.5, 0.6) is 0 Å². The number of amides is 1. The first kappa shape index (κ1) is 21.9. The van der Waals surface area contributed by atoms with Gasteiger partial charge in [-0.1, -0.05) is 77.6 Å². The first-order valence-corrected chi connectivity index (χ1v) is 9.17. The summed E-state index contributed by atoms with van der Waals surface area (Å²) in [6.45, 7) is 3.56. The molecule has 0 spiro atoms. The number of carbonyl (C=O) groups is 2. The molecular weight excluding hydrogens is 294 g/mol. The summed E-state index contributed by atoms with van der Waals surface area (Å²) in [5, 5.41) is 21.0. The van der Waals surface area contributed by atoms with Crippen LogP contribution in [0.1, 0.15) is 90.9 Å². The van der Waals surface area contributed by atoms with Crippen LogP contribution in [0, 0.1) is 0 Å². The predicted molar refractivity (Wildman–Crippen MR) is 92.3 cm³/mol. The minimum Gasteiger partial charge on any atom is -0.479 e. The zero-order chi connectivity index (χ0) is 17.5. The monoisotopic (exact) mass is 329 g/mol. The number of carboxylic acid groups (broad SMARTS) is 1. The van der Waals surface area contributed by atoms with Crippen molar-refractivity contribution >= 4 is 11.9 Å². The Morgan fingerprint density at radius 1 is 0.870 bits per heavy atom. The Kier molecular flexibility index (Phi) is 13.8. The average Bonchev–Trinajstić information content (AvgIpc) is 2.50. The Morgan fingerprint density at radius 3 is 1.70 bits per heavy atom. The van der Waals surface area contributed by atoms with Gasteiger partial charge in [0, 0.05) is 6.92 Å². The van der Waals surface area contributed by atoms with Crippen LogP contribution in [0.3, 0.4) is 0 Å². The standard InChI is InChI=1S/C18H35NO4/c1-3-4-5-6-7-8-9-10-11-12-13-14-16(19-15(2)20)17(21)18(22)23/h16-17,21H,3-14H2,1-2H3,(H,19,20)(H,22,23). The number of unbranched alkanes of at least 4 members (excludes halogenated alkanes) is 10. The Labute approximate surface area is 140 Å². The van der Waals surface area contributed by atoms with Gasteiger partial charge in [0.2, 0.25) is 5.91 Å². The molecule has 0 bridgehead atoms. The molecule has 5 nitrogen and oxygen atoms in total. The molecule has 0 rings (SSSR count). The number of nitrogens with one attached hydrogen (secondary N) is 1. The number of aliphatic hydroxyl groups is 1. The summed E-state index contributed by atoms with van der Waals surface area (Å²) in [5.41, 5.74) is 0. The molecule has 0 radical (unpaired) electrons. The molecule has 0 saturated carbocycles. The molecule has 0 aromatic rings. The van der Waals surface area contributed by atoms with E-state index in [0.29, 0.717) is 6.42 Å².